The molecule has 1 heterocycles. The second-order valence-electron chi connectivity index (χ2n) is 5.57. The number of amides is 1. The zero-order valence-electron chi connectivity index (χ0n) is 13.8. The maximum absolute atomic E-state index is 13.0. The van der Waals surface area contributed by atoms with Crippen molar-refractivity contribution in [2.75, 3.05) is 13.6 Å². The van der Waals surface area contributed by atoms with Gasteiger partial charge in [0.1, 0.15) is 5.82 Å². The number of carbonyl (C=O) groups is 1. The van der Waals surface area contributed by atoms with Gasteiger partial charge in [-0.1, -0.05) is 0 Å². The van der Waals surface area contributed by atoms with Crippen molar-refractivity contribution in [1.29, 1.82) is 0 Å². The van der Waals surface area contributed by atoms with Crippen LogP contribution in [0.2, 0.25) is 0 Å². The van der Waals surface area contributed by atoms with Gasteiger partial charge in [0, 0.05) is 17.7 Å². The second-order valence-corrected chi connectivity index (χ2v) is 5.57. The third-order valence-corrected chi connectivity index (χ3v) is 3.79. The van der Waals surface area contributed by atoms with Crippen molar-refractivity contribution in [1.82, 2.24) is 20.4 Å². The number of benzene rings is 1. The summed E-state index contributed by atoms with van der Waals surface area (Å²) in [5.41, 5.74) is 2.68. The molecule has 0 radical (unpaired) electrons. The van der Waals surface area contributed by atoms with Crippen molar-refractivity contribution in [2.24, 2.45) is 0 Å². The van der Waals surface area contributed by atoms with E-state index in [1.54, 1.807) is 23.0 Å². The Hall–Kier alpha value is -2.21. The van der Waals surface area contributed by atoms with Gasteiger partial charge < -0.3 is 10.6 Å². The first kappa shape index (κ1) is 17.1. The van der Waals surface area contributed by atoms with E-state index in [1.807, 2.05) is 20.9 Å². The molecule has 0 fully saturated rings. The molecule has 1 aromatic heterocycles. The van der Waals surface area contributed by atoms with Crippen molar-refractivity contribution in [2.45, 2.75) is 32.7 Å². The topological polar surface area (TPSA) is 59.0 Å². The molecule has 2 N–H and O–H groups in total. The molecule has 6 heteroatoms. The Morgan fingerprint density at radius 1 is 1.35 bits per heavy atom. The van der Waals surface area contributed by atoms with Gasteiger partial charge >= 0.3 is 0 Å². The predicted octanol–water partition coefficient (Wildman–Crippen LogP) is 2.50. The Morgan fingerprint density at radius 2 is 2.04 bits per heavy atom. The lowest BCUT2D eigenvalue weighted by molar-refractivity contribution is -0.121. The highest BCUT2D eigenvalue weighted by atomic mass is 19.1. The number of nitrogens with one attached hydrogen (secondary N) is 2. The number of hydrogen-bond acceptors (Lipinski definition) is 3. The number of aromatic nitrogens is 2. The number of hydrogen-bond donors (Lipinski definition) is 2. The standard InChI is InChI=1S/C17H23FN4O/c1-12(21-17(23)5-4-10-19-3)16-11-20-22(13(16)2)15-8-6-14(18)7-9-15/h6-9,11-12,19H,4-5,10H2,1-3H3,(H,21,23). The van der Waals surface area contributed by atoms with E-state index >= 15 is 0 Å². The Bertz CT molecular complexity index is 651. The van der Waals surface area contributed by atoms with Gasteiger partial charge in [-0.25, -0.2) is 9.07 Å². The third kappa shape index (κ3) is 4.39. The zero-order valence-corrected chi connectivity index (χ0v) is 13.8. The highest BCUT2D eigenvalue weighted by molar-refractivity contribution is 5.76. The molecule has 0 saturated heterocycles. The van der Waals surface area contributed by atoms with Crippen LogP contribution in [0.5, 0.6) is 0 Å². The smallest absolute Gasteiger partial charge is 0.220 e. The minimum Gasteiger partial charge on any atom is -0.349 e. The zero-order chi connectivity index (χ0) is 16.8. The summed E-state index contributed by atoms with van der Waals surface area (Å²) in [7, 11) is 1.87. The molecule has 5 nitrogen and oxygen atoms in total. The molecule has 0 aliphatic rings. The molecule has 0 spiro atoms. The first-order chi connectivity index (χ1) is 11.0. The summed E-state index contributed by atoms with van der Waals surface area (Å²) < 4.78 is 14.8. The van der Waals surface area contributed by atoms with E-state index in [1.165, 1.54) is 12.1 Å². The maximum atomic E-state index is 13.0. The lowest BCUT2D eigenvalue weighted by Gasteiger charge is -2.14. The van der Waals surface area contributed by atoms with Crippen LogP contribution in [0.3, 0.4) is 0 Å². The van der Waals surface area contributed by atoms with Crippen LogP contribution in [-0.2, 0) is 4.79 Å². The van der Waals surface area contributed by atoms with E-state index < -0.39 is 0 Å². The van der Waals surface area contributed by atoms with Crippen LogP contribution in [0.4, 0.5) is 4.39 Å². The Labute approximate surface area is 135 Å². The van der Waals surface area contributed by atoms with Gasteiger partial charge in [-0.15, -0.1) is 0 Å². The Balaban J connectivity index is 2.06. The number of halogens is 1. The van der Waals surface area contributed by atoms with Crippen LogP contribution in [0.15, 0.2) is 30.5 Å². The normalized spacial score (nSPS) is 12.2. The van der Waals surface area contributed by atoms with Gasteiger partial charge in [0.15, 0.2) is 0 Å². The van der Waals surface area contributed by atoms with Crippen LogP contribution >= 0.6 is 0 Å². The van der Waals surface area contributed by atoms with Crippen molar-refractivity contribution in [3.8, 4) is 5.69 Å². The summed E-state index contributed by atoms with van der Waals surface area (Å²) in [6, 6.07) is 6.05. The van der Waals surface area contributed by atoms with Crippen molar-refractivity contribution >= 4 is 5.91 Å². The summed E-state index contributed by atoms with van der Waals surface area (Å²) in [6.45, 7) is 4.70. The molecule has 124 valence electrons. The average Bonchev–Trinajstić information content (AvgIpc) is 2.90. The van der Waals surface area contributed by atoms with Gasteiger partial charge in [-0.2, -0.15) is 5.10 Å². The third-order valence-electron chi connectivity index (χ3n) is 3.79. The molecular formula is C17H23FN4O. The fraction of sp³-hybridized carbons (Fsp3) is 0.412. The minimum absolute atomic E-state index is 0.0293. The number of carbonyl (C=O) groups excluding carboxylic acids is 1. The lowest BCUT2D eigenvalue weighted by atomic mass is 10.1. The predicted molar refractivity (Wildman–Crippen MR) is 88.0 cm³/mol. The molecule has 1 atom stereocenters. The summed E-state index contributed by atoms with van der Waals surface area (Å²) in [6.07, 6.45) is 3.05. The van der Waals surface area contributed by atoms with Crippen molar-refractivity contribution in [3.05, 3.63) is 47.5 Å². The van der Waals surface area contributed by atoms with Crippen LogP contribution in [0.1, 0.15) is 37.1 Å². The summed E-state index contributed by atoms with van der Waals surface area (Å²) in [4.78, 5) is 11.9. The first-order valence-electron chi connectivity index (χ1n) is 7.77. The highest BCUT2D eigenvalue weighted by Gasteiger charge is 2.16. The summed E-state index contributed by atoms with van der Waals surface area (Å²) in [5, 5.41) is 10.4. The fourth-order valence-electron chi connectivity index (χ4n) is 2.51. The Morgan fingerprint density at radius 3 is 2.70 bits per heavy atom. The van der Waals surface area contributed by atoms with Gasteiger partial charge in [0.25, 0.3) is 0 Å². The highest BCUT2D eigenvalue weighted by Crippen LogP contribution is 2.20. The van der Waals surface area contributed by atoms with Crippen LogP contribution in [0, 0.1) is 12.7 Å². The summed E-state index contributed by atoms with van der Waals surface area (Å²) >= 11 is 0. The SMILES string of the molecule is CNCCCC(=O)NC(C)c1cnn(-c2ccc(F)cc2)c1C. The van der Waals surface area contributed by atoms with Crippen LogP contribution in [0.25, 0.3) is 5.69 Å². The van der Waals surface area contributed by atoms with E-state index in [-0.39, 0.29) is 17.8 Å². The lowest BCUT2D eigenvalue weighted by Crippen LogP contribution is -2.27. The Kier molecular flexibility index (Phi) is 5.87. The monoisotopic (exact) mass is 318 g/mol. The van der Waals surface area contributed by atoms with E-state index in [4.69, 9.17) is 0 Å². The van der Waals surface area contributed by atoms with Gasteiger partial charge in [-0.3, -0.25) is 4.79 Å². The number of rotatable bonds is 7. The molecule has 0 bridgehead atoms. The molecule has 0 aliphatic carbocycles. The molecule has 23 heavy (non-hydrogen) atoms. The van der Waals surface area contributed by atoms with Crippen molar-refractivity contribution in [3.63, 3.8) is 0 Å². The first-order valence-corrected chi connectivity index (χ1v) is 7.77. The van der Waals surface area contributed by atoms with E-state index in [0.717, 1.165) is 29.9 Å². The van der Waals surface area contributed by atoms with Crippen LogP contribution in [-0.4, -0.2) is 29.3 Å². The van der Waals surface area contributed by atoms with Gasteiger partial charge in [0.05, 0.1) is 17.9 Å². The molecule has 1 aromatic carbocycles. The molecular weight excluding hydrogens is 295 g/mol. The summed E-state index contributed by atoms with van der Waals surface area (Å²) in [5.74, 6) is -0.248. The quantitative estimate of drug-likeness (QED) is 0.771. The van der Waals surface area contributed by atoms with E-state index in [2.05, 4.69) is 15.7 Å². The van der Waals surface area contributed by atoms with Crippen molar-refractivity contribution < 1.29 is 9.18 Å². The van der Waals surface area contributed by atoms with Gasteiger partial charge in [-0.05, 0) is 58.1 Å². The second kappa shape index (κ2) is 7.87. The molecule has 0 aliphatic heterocycles. The largest absolute Gasteiger partial charge is 0.349 e. The minimum atomic E-state index is -0.277. The number of nitrogens with zero attached hydrogens (tertiary/aromatic N) is 2. The average molecular weight is 318 g/mol. The fourth-order valence-corrected chi connectivity index (χ4v) is 2.51. The molecule has 1 unspecified atom stereocenters. The van der Waals surface area contributed by atoms with E-state index in [9.17, 15) is 9.18 Å². The van der Waals surface area contributed by atoms with Crippen LogP contribution < -0.4 is 10.6 Å². The molecule has 2 rings (SSSR count). The molecule has 0 saturated carbocycles. The maximum Gasteiger partial charge on any atom is 0.220 e. The van der Waals surface area contributed by atoms with E-state index in [0.29, 0.717) is 6.42 Å². The van der Waals surface area contributed by atoms with Gasteiger partial charge in [0.2, 0.25) is 5.91 Å². The molecule has 1 amide bonds. The molecule has 2 aromatic rings.